The number of likely N-dealkylation sites (tertiary alicyclic amines) is 1. The first-order valence-electron chi connectivity index (χ1n) is 8.06. The molecule has 0 saturated carbocycles. The normalized spacial score (nSPS) is 31.9. The summed E-state index contributed by atoms with van der Waals surface area (Å²) in [6.45, 7) is 9.42. The molecule has 2 fully saturated rings. The van der Waals surface area contributed by atoms with Gasteiger partial charge in [0.05, 0.1) is 0 Å². The number of nitrogens with zero attached hydrogens (tertiary/aromatic N) is 2. The van der Waals surface area contributed by atoms with Crippen LogP contribution in [0.2, 0.25) is 0 Å². The largest absolute Gasteiger partial charge is 0.329 e. The van der Waals surface area contributed by atoms with E-state index in [9.17, 15) is 0 Å². The average Bonchev–Trinajstić information content (AvgIpc) is 2.81. The first-order valence-corrected chi connectivity index (χ1v) is 9.21. The van der Waals surface area contributed by atoms with E-state index >= 15 is 0 Å². The zero-order chi connectivity index (χ0) is 13.6. The van der Waals surface area contributed by atoms with Crippen LogP contribution in [0.15, 0.2) is 0 Å². The Hall–Kier alpha value is 0.230. The third kappa shape index (κ3) is 4.10. The first kappa shape index (κ1) is 15.6. The van der Waals surface area contributed by atoms with Crippen LogP contribution in [-0.2, 0) is 0 Å². The molecule has 4 heteroatoms. The van der Waals surface area contributed by atoms with E-state index in [1.54, 1.807) is 0 Å². The molecule has 3 nitrogen and oxygen atoms in total. The maximum Gasteiger partial charge on any atom is 0.0344 e. The lowest BCUT2D eigenvalue weighted by atomic mass is 9.88. The van der Waals surface area contributed by atoms with Crippen LogP contribution < -0.4 is 5.73 Å². The summed E-state index contributed by atoms with van der Waals surface area (Å²) in [4.78, 5) is 5.38. The van der Waals surface area contributed by atoms with E-state index in [1.807, 2.05) is 0 Å². The maximum atomic E-state index is 6.24. The van der Waals surface area contributed by atoms with Crippen molar-refractivity contribution in [1.29, 1.82) is 0 Å². The molecule has 2 aliphatic heterocycles. The van der Waals surface area contributed by atoms with E-state index in [4.69, 9.17) is 5.73 Å². The molecule has 2 heterocycles. The van der Waals surface area contributed by atoms with Crippen LogP contribution in [0.1, 0.15) is 39.0 Å². The summed E-state index contributed by atoms with van der Waals surface area (Å²) in [7, 11) is 0. The molecular formula is C15H31N3S. The zero-order valence-electron chi connectivity index (χ0n) is 12.6. The van der Waals surface area contributed by atoms with Gasteiger partial charge in [-0.05, 0) is 64.0 Å². The summed E-state index contributed by atoms with van der Waals surface area (Å²) in [5.41, 5.74) is 6.54. The first-order chi connectivity index (χ1) is 9.30. The van der Waals surface area contributed by atoms with Crippen molar-refractivity contribution in [2.24, 2.45) is 5.73 Å². The van der Waals surface area contributed by atoms with Crippen LogP contribution >= 0.6 is 11.8 Å². The molecule has 0 aromatic heterocycles. The minimum atomic E-state index is 0.299. The number of rotatable bonds is 4. The molecule has 0 radical (unpaired) electrons. The minimum absolute atomic E-state index is 0.299. The highest BCUT2D eigenvalue weighted by molar-refractivity contribution is 7.99. The summed E-state index contributed by atoms with van der Waals surface area (Å²) >= 11 is 2.11. The van der Waals surface area contributed by atoms with Crippen LogP contribution in [0.3, 0.4) is 0 Å². The standard InChI is InChI=1S/C15H31N3S/c1-2-7-17-8-3-5-15(14-16,6-10-17)18-9-4-12-19-13-11-18/h2-14,16H2,1H3. The predicted octanol–water partition coefficient (Wildman–Crippen LogP) is 2.02. The average molecular weight is 286 g/mol. The molecular weight excluding hydrogens is 254 g/mol. The van der Waals surface area contributed by atoms with Gasteiger partial charge in [0, 0.05) is 24.4 Å². The fraction of sp³-hybridized carbons (Fsp3) is 1.00. The molecule has 2 rings (SSSR count). The van der Waals surface area contributed by atoms with Gasteiger partial charge in [0.2, 0.25) is 0 Å². The summed E-state index contributed by atoms with van der Waals surface area (Å²) < 4.78 is 0. The maximum absolute atomic E-state index is 6.24. The van der Waals surface area contributed by atoms with Crippen LogP contribution in [0.4, 0.5) is 0 Å². The third-order valence-electron chi connectivity index (χ3n) is 4.82. The topological polar surface area (TPSA) is 32.5 Å². The second kappa shape index (κ2) is 7.87. The minimum Gasteiger partial charge on any atom is -0.329 e. The monoisotopic (exact) mass is 285 g/mol. The Morgan fingerprint density at radius 1 is 1.05 bits per heavy atom. The van der Waals surface area contributed by atoms with Gasteiger partial charge in [-0.15, -0.1) is 0 Å². The van der Waals surface area contributed by atoms with Crippen molar-refractivity contribution in [2.75, 3.05) is 50.8 Å². The molecule has 19 heavy (non-hydrogen) atoms. The predicted molar refractivity (Wildman–Crippen MR) is 85.9 cm³/mol. The number of nitrogens with two attached hydrogens (primary N) is 1. The second-order valence-corrected chi connectivity index (χ2v) is 7.30. The second-order valence-electron chi connectivity index (χ2n) is 6.08. The van der Waals surface area contributed by atoms with Crippen molar-refractivity contribution in [3.8, 4) is 0 Å². The van der Waals surface area contributed by atoms with Crippen molar-refractivity contribution in [3.63, 3.8) is 0 Å². The number of thioether (sulfide) groups is 1. The Balaban J connectivity index is 2.00. The summed E-state index contributed by atoms with van der Waals surface area (Å²) in [6, 6.07) is 0. The molecule has 0 aromatic carbocycles. The number of hydrogen-bond acceptors (Lipinski definition) is 4. The molecule has 2 saturated heterocycles. The van der Waals surface area contributed by atoms with E-state index in [1.165, 1.54) is 76.3 Å². The van der Waals surface area contributed by atoms with E-state index in [0.29, 0.717) is 5.54 Å². The van der Waals surface area contributed by atoms with Crippen LogP contribution in [-0.4, -0.2) is 66.1 Å². The lowest BCUT2D eigenvalue weighted by molar-refractivity contribution is 0.0862. The van der Waals surface area contributed by atoms with Crippen LogP contribution in [0.5, 0.6) is 0 Å². The molecule has 0 aliphatic carbocycles. The van der Waals surface area contributed by atoms with Gasteiger partial charge in [-0.3, -0.25) is 4.90 Å². The Morgan fingerprint density at radius 3 is 2.74 bits per heavy atom. The third-order valence-corrected chi connectivity index (χ3v) is 5.87. The Bertz CT molecular complexity index is 254. The molecule has 0 bridgehead atoms. The Labute approximate surface area is 123 Å². The molecule has 112 valence electrons. The van der Waals surface area contributed by atoms with Crippen LogP contribution in [0, 0.1) is 0 Å². The van der Waals surface area contributed by atoms with E-state index in [-0.39, 0.29) is 0 Å². The van der Waals surface area contributed by atoms with Gasteiger partial charge in [-0.25, -0.2) is 0 Å². The quantitative estimate of drug-likeness (QED) is 0.856. The van der Waals surface area contributed by atoms with Gasteiger partial charge in [0.15, 0.2) is 0 Å². The molecule has 0 spiro atoms. The summed E-state index contributed by atoms with van der Waals surface area (Å²) in [5.74, 6) is 2.62. The molecule has 2 N–H and O–H groups in total. The fourth-order valence-corrected chi connectivity index (χ4v) is 4.53. The highest BCUT2D eigenvalue weighted by Crippen LogP contribution is 2.30. The van der Waals surface area contributed by atoms with E-state index < -0.39 is 0 Å². The van der Waals surface area contributed by atoms with Crippen molar-refractivity contribution in [1.82, 2.24) is 9.80 Å². The van der Waals surface area contributed by atoms with Gasteiger partial charge >= 0.3 is 0 Å². The Morgan fingerprint density at radius 2 is 1.95 bits per heavy atom. The van der Waals surface area contributed by atoms with E-state index in [2.05, 4.69) is 28.5 Å². The molecule has 0 aromatic rings. The summed E-state index contributed by atoms with van der Waals surface area (Å²) in [5, 5.41) is 0. The van der Waals surface area contributed by atoms with E-state index in [0.717, 1.165) is 6.54 Å². The van der Waals surface area contributed by atoms with Gasteiger partial charge in [-0.1, -0.05) is 6.92 Å². The van der Waals surface area contributed by atoms with Gasteiger partial charge in [-0.2, -0.15) is 11.8 Å². The lowest BCUT2D eigenvalue weighted by Gasteiger charge is -2.42. The lowest BCUT2D eigenvalue weighted by Crippen LogP contribution is -2.55. The summed E-state index contributed by atoms with van der Waals surface area (Å²) in [6.07, 6.45) is 6.50. The Kier molecular flexibility index (Phi) is 6.46. The van der Waals surface area contributed by atoms with Crippen molar-refractivity contribution in [2.45, 2.75) is 44.6 Å². The van der Waals surface area contributed by atoms with Crippen LogP contribution in [0.25, 0.3) is 0 Å². The van der Waals surface area contributed by atoms with Gasteiger partial charge in [0.25, 0.3) is 0 Å². The number of hydrogen-bond donors (Lipinski definition) is 1. The zero-order valence-corrected chi connectivity index (χ0v) is 13.4. The molecule has 0 amide bonds. The van der Waals surface area contributed by atoms with Gasteiger partial charge < -0.3 is 10.6 Å². The highest BCUT2D eigenvalue weighted by atomic mass is 32.2. The van der Waals surface area contributed by atoms with Crippen molar-refractivity contribution in [3.05, 3.63) is 0 Å². The fourth-order valence-electron chi connectivity index (χ4n) is 3.64. The smallest absolute Gasteiger partial charge is 0.0344 e. The molecule has 2 aliphatic rings. The highest BCUT2D eigenvalue weighted by Gasteiger charge is 2.36. The van der Waals surface area contributed by atoms with Crippen molar-refractivity contribution < 1.29 is 0 Å². The van der Waals surface area contributed by atoms with Crippen molar-refractivity contribution >= 4 is 11.8 Å². The molecule has 1 unspecified atom stereocenters. The van der Waals surface area contributed by atoms with Gasteiger partial charge in [0.1, 0.15) is 0 Å². The SMILES string of the molecule is CCCN1CCCC(CN)(N2CCCSCC2)CC1. The molecule has 1 atom stereocenters.